The monoisotopic (exact) mass is 226 g/mol. The van der Waals surface area contributed by atoms with Gasteiger partial charge in [-0.1, -0.05) is 35.9 Å². The van der Waals surface area contributed by atoms with Crippen molar-refractivity contribution in [3.05, 3.63) is 65.2 Å². The van der Waals surface area contributed by atoms with Crippen molar-refractivity contribution in [3.8, 4) is 5.75 Å². The first-order valence-corrected chi connectivity index (χ1v) is 5.51. The molecular weight excluding hydrogens is 212 g/mol. The van der Waals surface area contributed by atoms with Crippen LogP contribution in [0.3, 0.4) is 0 Å². The third-order valence-corrected chi connectivity index (χ3v) is 2.60. The quantitative estimate of drug-likeness (QED) is 0.578. The highest BCUT2D eigenvalue weighted by Crippen LogP contribution is 2.15. The molecule has 2 aromatic rings. The molecule has 0 heterocycles. The predicted octanol–water partition coefficient (Wildman–Crippen LogP) is 3.52. The Kier molecular flexibility index (Phi) is 3.24. The van der Waals surface area contributed by atoms with E-state index in [-0.39, 0.29) is 5.97 Å². The Hall–Kier alpha value is -2.09. The first-order valence-electron chi connectivity index (χ1n) is 5.51. The van der Waals surface area contributed by atoms with Gasteiger partial charge in [0.2, 0.25) is 0 Å². The summed E-state index contributed by atoms with van der Waals surface area (Å²) >= 11 is 0. The van der Waals surface area contributed by atoms with Gasteiger partial charge in [-0.15, -0.1) is 0 Å². The van der Waals surface area contributed by atoms with Crippen LogP contribution in [-0.2, 0) is 0 Å². The molecule has 0 amide bonds. The minimum atomic E-state index is -0.313. The van der Waals surface area contributed by atoms with Crippen LogP contribution < -0.4 is 4.74 Å². The fourth-order valence-corrected chi connectivity index (χ4v) is 1.57. The van der Waals surface area contributed by atoms with Gasteiger partial charge in [-0.05, 0) is 37.6 Å². The van der Waals surface area contributed by atoms with E-state index in [1.807, 2.05) is 44.2 Å². The molecule has 0 saturated heterocycles. The Bertz CT molecular complexity index is 527. The molecule has 0 saturated carbocycles. The normalized spacial score (nSPS) is 10.0. The molecule has 2 heteroatoms. The average molecular weight is 226 g/mol. The summed E-state index contributed by atoms with van der Waals surface area (Å²) in [4.78, 5) is 11.9. The summed E-state index contributed by atoms with van der Waals surface area (Å²) in [6.45, 7) is 3.89. The molecule has 0 aliphatic heterocycles. The summed E-state index contributed by atoms with van der Waals surface area (Å²) in [6, 6.07) is 14.8. The minimum absolute atomic E-state index is 0.313. The second-order valence-corrected chi connectivity index (χ2v) is 4.02. The van der Waals surface area contributed by atoms with E-state index in [4.69, 9.17) is 4.74 Å². The highest BCUT2D eigenvalue weighted by atomic mass is 16.5. The number of hydrogen-bond donors (Lipinski definition) is 0. The van der Waals surface area contributed by atoms with Gasteiger partial charge in [0.25, 0.3) is 0 Å². The van der Waals surface area contributed by atoms with Gasteiger partial charge < -0.3 is 4.74 Å². The molecule has 0 fully saturated rings. The maximum atomic E-state index is 11.9. The maximum absolute atomic E-state index is 11.9. The van der Waals surface area contributed by atoms with Gasteiger partial charge in [-0.3, -0.25) is 0 Å². The lowest BCUT2D eigenvalue weighted by Crippen LogP contribution is -2.09. The number of benzene rings is 2. The number of carbonyl (C=O) groups is 1. The Morgan fingerprint density at radius 2 is 1.59 bits per heavy atom. The summed E-state index contributed by atoms with van der Waals surface area (Å²) in [5, 5.41) is 0. The predicted molar refractivity (Wildman–Crippen MR) is 67.3 cm³/mol. The number of aryl methyl sites for hydroxylation is 2. The molecule has 0 aromatic heterocycles. The van der Waals surface area contributed by atoms with Gasteiger partial charge in [0, 0.05) is 0 Å². The second-order valence-electron chi connectivity index (χ2n) is 4.02. The lowest BCUT2D eigenvalue weighted by molar-refractivity contribution is 0.0734. The van der Waals surface area contributed by atoms with Crippen LogP contribution in [0.4, 0.5) is 0 Å². The molecule has 2 nitrogen and oxygen atoms in total. The van der Waals surface area contributed by atoms with Crippen molar-refractivity contribution in [2.45, 2.75) is 13.8 Å². The van der Waals surface area contributed by atoms with E-state index in [1.54, 1.807) is 18.2 Å². The largest absolute Gasteiger partial charge is 0.423 e. The molecule has 0 bridgehead atoms. The van der Waals surface area contributed by atoms with Crippen LogP contribution in [0.2, 0.25) is 0 Å². The SMILES string of the molecule is Cc1ccc(OC(=O)c2ccccc2C)cc1. The number of rotatable bonds is 2. The molecule has 0 unspecified atom stereocenters. The van der Waals surface area contributed by atoms with Crippen molar-refractivity contribution < 1.29 is 9.53 Å². The second kappa shape index (κ2) is 4.83. The number of ether oxygens (including phenoxy) is 1. The fraction of sp³-hybridized carbons (Fsp3) is 0.133. The van der Waals surface area contributed by atoms with E-state index in [2.05, 4.69) is 0 Å². The lowest BCUT2D eigenvalue weighted by atomic mass is 10.1. The van der Waals surface area contributed by atoms with Crippen molar-refractivity contribution in [2.75, 3.05) is 0 Å². The first-order chi connectivity index (χ1) is 8.16. The molecule has 0 N–H and O–H groups in total. The molecule has 17 heavy (non-hydrogen) atoms. The Labute approximate surface area is 101 Å². The highest BCUT2D eigenvalue weighted by Gasteiger charge is 2.10. The molecule has 2 rings (SSSR count). The average Bonchev–Trinajstić information content (AvgIpc) is 2.32. The number of hydrogen-bond acceptors (Lipinski definition) is 2. The molecule has 0 radical (unpaired) electrons. The topological polar surface area (TPSA) is 26.3 Å². The zero-order chi connectivity index (χ0) is 12.3. The molecular formula is C15H14O2. The van der Waals surface area contributed by atoms with Crippen molar-refractivity contribution in [1.82, 2.24) is 0 Å². The van der Waals surface area contributed by atoms with Gasteiger partial charge in [0.15, 0.2) is 0 Å². The summed E-state index contributed by atoms with van der Waals surface area (Å²) in [5.41, 5.74) is 2.67. The van der Waals surface area contributed by atoms with E-state index >= 15 is 0 Å². The van der Waals surface area contributed by atoms with Gasteiger partial charge in [0.1, 0.15) is 5.75 Å². The zero-order valence-corrected chi connectivity index (χ0v) is 9.94. The van der Waals surface area contributed by atoms with Crippen molar-refractivity contribution in [1.29, 1.82) is 0 Å². The fourth-order valence-electron chi connectivity index (χ4n) is 1.57. The Morgan fingerprint density at radius 1 is 0.941 bits per heavy atom. The Balaban J connectivity index is 2.17. The molecule has 0 aliphatic carbocycles. The summed E-state index contributed by atoms with van der Waals surface area (Å²) in [7, 11) is 0. The van der Waals surface area contributed by atoms with Gasteiger partial charge in [-0.25, -0.2) is 4.79 Å². The smallest absolute Gasteiger partial charge is 0.343 e. The lowest BCUT2D eigenvalue weighted by Gasteiger charge is -2.06. The summed E-state index contributed by atoms with van der Waals surface area (Å²) in [6.07, 6.45) is 0. The van der Waals surface area contributed by atoms with Crippen molar-refractivity contribution in [2.24, 2.45) is 0 Å². The molecule has 86 valence electrons. The summed E-state index contributed by atoms with van der Waals surface area (Å²) < 4.78 is 5.30. The molecule has 0 spiro atoms. The summed E-state index contributed by atoms with van der Waals surface area (Å²) in [5.74, 6) is 0.260. The standard InChI is InChI=1S/C15H14O2/c1-11-7-9-13(10-8-11)17-15(16)14-6-4-3-5-12(14)2/h3-10H,1-2H3. The maximum Gasteiger partial charge on any atom is 0.343 e. The van der Waals surface area contributed by atoms with Crippen LogP contribution in [0.25, 0.3) is 0 Å². The molecule has 2 aromatic carbocycles. The van der Waals surface area contributed by atoms with Crippen LogP contribution in [0.1, 0.15) is 21.5 Å². The van der Waals surface area contributed by atoms with Crippen molar-refractivity contribution >= 4 is 5.97 Å². The first kappa shape index (κ1) is 11.4. The van der Waals surface area contributed by atoms with Crippen LogP contribution in [0.15, 0.2) is 48.5 Å². The van der Waals surface area contributed by atoms with E-state index in [9.17, 15) is 4.79 Å². The van der Waals surface area contributed by atoms with Gasteiger partial charge in [-0.2, -0.15) is 0 Å². The van der Waals surface area contributed by atoms with Crippen LogP contribution in [0, 0.1) is 13.8 Å². The van der Waals surface area contributed by atoms with Gasteiger partial charge >= 0.3 is 5.97 Å². The van der Waals surface area contributed by atoms with Crippen LogP contribution >= 0.6 is 0 Å². The van der Waals surface area contributed by atoms with E-state index < -0.39 is 0 Å². The van der Waals surface area contributed by atoms with Crippen LogP contribution in [0.5, 0.6) is 5.75 Å². The van der Waals surface area contributed by atoms with Crippen LogP contribution in [-0.4, -0.2) is 5.97 Å². The third-order valence-electron chi connectivity index (χ3n) is 2.60. The van der Waals surface area contributed by atoms with E-state index in [1.165, 1.54) is 0 Å². The molecule has 0 atom stereocenters. The third kappa shape index (κ3) is 2.72. The highest BCUT2D eigenvalue weighted by molar-refractivity contribution is 5.92. The minimum Gasteiger partial charge on any atom is -0.423 e. The number of carbonyl (C=O) groups excluding carboxylic acids is 1. The molecule has 0 aliphatic rings. The zero-order valence-electron chi connectivity index (χ0n) is 9.94. The van der Waals surface area contributed by atoms with E-state index in [0.29, 0.717) is 11.3 Å². The van der Waals surface area contributed by atoms with Crippen molar-refractivity contribution in [3.63, 3.8) is 0 Å². The Morgan fingerprint density at radius 3 is 2.24 bits per heavy atom. The number of esters is 1. The van der Waals surface area contributed by atoms with E-state index in [0.717, 1.165) is 11.1 Å². The van der Waals surface area contributed by atoms with Gasteiger partial charge in [0.05, 0.1) is 5.56 Å².